The average molecular weight is 323 g/mol. The summed E-state index contributed by atoms with van der Waals surface area (Å²) < 4.78 is 6.30. The molecule has 126 valence electrons. The van der Waals surface area contributed by atoms with Gasteiger partial charge in [0.1, 0.15) is 0 Å². The number of aromatic nitrogens is 2. The van der Waals surface area contributed by atoms with Gasteiger partial charge < -0.3 is 4.74 Å². The first-order valence-corrected chi connectivity index (χ1v) is 9.03. The molecule has 2 atom stereocenters. The largest absolute Gasteiger partial charge is 0.376 e. The first kappa shape index (κ1) is 15.7. The number of hydrogen-bond acceptors (Lipinski definition) is 4. The summed E-state index contributed by atoms with van der Waals surface area (Å²) in [7, 11) is 0. The van der Waals surface area contributed by atoms with Crippen molar-refractivity contribution in [2.75, 3.05) is 13.2 Å². The van der Waals surface area contributed by atoms with Crippen molar-refractivity contribution in [3.8, 4) is 0 Å². The molecule has 0 bridgehead atoms. The number of ether oxygens (including phenoxy) is 1. The average Bonchev–Trinajstić information content (AvgIpc) is 3.39. The van der Waals surface area contributed by atoms with Crippen molar-refractivity contribution in [1.82, 2.24) is 14.9 Å². The van der Waals surface area contributed by atoms with Crippen molar-refractivity contribution < 1.29 is 4.74 Å². The van der Waals surface area contributed by atoms with Gasteiger partial charge in [-0.15, -0.1) is 0 Å². The Labute approximate surface area is 143 Å². The van der Waals surface area contributed by atoms with Crippen molar-refractivity contribution in [3.63, 3.8) is 0 Å². The van der Waals surface area contributed by atoms with E-state index in [9.17, 15) is 0 Å². The molecule has 2 aromatic rings. The van der Waals surface area contributed by atoms with Crippen LogP contribution in [0.25, 0.3) is 0 Å². The molecule has 0 unspecified atom stereocenters. The molecule has 0 spiro atoms. The summed E-state index contributed by atoms with van der Waals surface area (Å²) in [5, 5.41) is 0. The summed E-state index contributed by atoms with van der Waals surface area (Å²) in [5.74, 6) is 0.816. The van der Waals surface area contributed by atoms with E-state index in [1.54, 1.807) is 0 Å². The Morgan fingerprint density at radius 3 is 2.67 bits per heavy atom. The number of pyridine rings is 2. The lowest BCUT2D eigenvalue weighted by molar-refractivity contribution is 0.0195. The smallest absolute Gasteiger partial charge is 0.0745 e. The van der Waals surface area contributed by atoms with E-state index in [2.05, 4.69) is 39.1 Å². The molecule has 1 saturated heterocycles. The van der Waals surface area contributed by atoms with Gasteiger partial charge in [0, 0.05) is 44.3 Å². The molecule has 24 heavy (non-hydrogen) atoms. The molecule has 1 aliphatic heterocycles. The zero-order chi connectivity index (χ0) is 16.2. The van der Waals surface area contributed by atoms with Gasteiger partial charge in [0.15, 0.2) is 0 Å². The highest BCUT2D eigenvalue weighted by atomic mass is 16.5. The first-order chi connectivity index (χ1) is 11.9. The fourth-order valence-corrected chi connectivity index (χ4v) is 3.54. The highest BCUT2D eigenvalue weighted by Crippen LogP contribution is 2.32. The van der Waals surface area contributed by atoms with Crippen molar-refractivity contribution >= 4 is 0 Å². The Bertz CT molecular complexity index is 630. The molecule has 4 nitrogen and oxygen atoms in total. The van der Waals surface area contributed by atoms with E-state index in [4.69, 9.17) is 4.74 Å². The summed E-state index contributed by atoms with van der Waals surface area (Å²) >= 11 is 0. The topological polar surface area (TPSA) is 38.2 Å². The molecule has 0 aromatic carbocycles. The van der Waals surface area contributed by atoms with E-state index in [0.717, 1.165) is 44.1 Å². The Morgan fingerprint density at radius 1 is 1.04 bits per heavy atom. The van der Waals surface area contributed by atoms with Crippen LogP contribution in [0.3, 0.4) is 0 Å². The Kier molecular flexibility index (Phi) is 4.86. The Morgan fingerprint density at radius 2 is 1.92 bits per heavy atom. The number of nitrogens with zero attached hydrogens (tertiary/aromatic N) is 3. The number of rotatable bonds is 7. The van der Waals surface area contributed by atoms with Gasteiger partial charge in [0.05, 0.1) is 11.8 Å². The second kappa shape index (κ2) is 7.41. The summed E-state index contributed by atoms with van der Waals surface area (Å²) in [5.41, 5.74) is 2.48. The maximum absolute atomic E-state index is 6.30. The van der Waals surface area contributed by atoms with Gasteiger partial charge in [-0.2, -0.15) is 0 Å². The molecular formula is C20H25N3O. The van der Waals surface area contributed by atoms with E-state index in [0.29, 0.717) is 12.1 Å². The Balaban J connectivity index is 1.46. The van der Waals surface area contributed by atoms with Gasteiger partial charge >= 0.3 is 0 Å². The summed E-state index contributed by atoms with van der Waals surface area (Å²) in [6, 6.07) is 10.8. The molecule has 2 aliphatic rings. The van der Waals surface area contributed by atoms with Crippen LogP contribution in [-0.2, 0) is 17.7 Å². The van der Waals surface area contributed by atoms with Crippen LogP contribution < -0.4 is 0 Å². The molecule has 0 N–H and O–H groups in total. The van der Waals surface area contributed by atoms with Crippen molar-refractivity contribution in [3.05, 3.63) is 60.2 Å². The molecular weight excluding hydrogens is 298 g/mol. The van der Waals surface area contributed by atoms with E-state index in [1.807, 2.05) is 24.7 Å². The van der Waals surface area contributed by atoms with Gasteiger partial charge in [0.25, 0.3) is 0 Å². The fraction of sp³-hybridized carbons (Fsp3) is 0.500. The molecule has 0 amide bonds. The van der Waals surface area contributed by atoms with Crippen LogP contribution >= 0.6 is 0 Å². The van der Waals surface area contributed by atoms with Crippen LogP contribution in [0.15, 0.2) is 48.9 Å². The lowest BCUT2D eigenvalue weighted by Crippen LogP contribution is -2.38. The molecule has 4 rings (SSSR count). The lowest BCUT2D eigenvalue weighted by Gasteiger charge is -2.28. The third-order valence-electron chi connectivity index (χ3n) is 5.13. The minimum Gasteiger partial charge on any atom is -0.376 e. The molecule has 3 heterocycles. The predicted molar refractivity (Wildman–Crippen MR) is 93.5 cm³/mol. The quantitative estimate of drug-likeness (QED) is 0.785. The van der Waals surface area contributed by atoms with Crippen LogP contribution in [0.5, 0.6) is 0 Å². The normalized spacial score (nSPS) is 24.3. The van der Waals surface area contributed by atoms with Crippen molar-refractivity contribution in [2.24, 2.45) is 5.92 Å². The second-order valence-corrected chi connectivity index (χ2v) is 7.02. The number of likely N-dealkylation sites (tertiary alicyclic amines) is 1. The molecule has 2 fully saturated rings. The van der Waals surface area contributed by atoms with Gasteiger partial charge in [-0.3, -0.25) is 14.9 Å². The third-order valence-corrected chi connectivity index (χ3v) is 5.13. The van der Waals surface area contributed by atoms with E-state index in [-0.39, 0.29) is 0 Å². The fourth-order valence-electron chi connectivity index (χ4n) is 3.54. The maximum atomic E-state index is 6.30. The number of hydrogen-bond donors (Lipinski definition) is 0. The molecule has 0 radical (unpaired) electrons. The van der Waals surface area contributed by atoms with Crippen molar-refractivity contribution in [2.45, 2.75) is 44.4 Å². The van der Waals surface area contributed by atoms with Gasteiger partial charge in [0.2, 0.25) is 0 Å². The van der Waals surface area contributed by atoms with Crippen LogP contribution in [-0.4, -0.2) is 40.2 Å². The molecule has 4 heteroatoms. The maximum Gasteiger partial charge on any atom is 0.0745 e. The van der Waals surface area contributed by atoms with Gasteiger partial charge in [-0.1, -0.05) is 6.07 Å². The Hall–Kier alpha value is -1.78. The summed E-state index contributed by atoms with van der Waals surface area (Å²) in [4.78, 5) is 11.2. The second-order valence-electron chi connectivity index (χ2n) is 7.02. The van der Waals surface area contributed by atoms with Gasteiger partial charge in [-0.05, 0) is 61.4 Å². The highest BCUT2D eigenvalue weighted by Gasteiger charge is 2.36. The highest BCUT2D eigenvalue weighted by molar-refractivity contribution is 5.14. The van der Waals surface area contributed by atoms with Crippen LogP contribution in [0.1, 0.15) is 30.5 Å². The van der Waals surface area contributed by atoms with E-state index in [1.165, 1.54) is 18.4 Å². The van der Waals surface area contributed by atoms with Crippen LogP contribution in [0.4, 0.5) is 0 Å². The van der Waals surface area contributed by atoms with Crippen molar-refractivity contribution in [1.29, 1.82) is 0 Å². The zero-order valence-corrected chi connectivity index (χ0v) is 14.1. The lowest BCUT2D eigenvalue weighted by atomic mass is 10.0. The van der Waals surface area contributed by atoms with E-state index < -0.39 is 0 Å². The monoisotopic (exact) mass is 323 g/mol. The SMILES string of the molecule is c1ccc(CN2CC[C@@H](OCC3CC3)[C@H]2Cc2ccncc2)nc1. The van der Waals surface area contributed by atoms with Crippen LogP contribution in [0.2, 0.25) is 0 Å². The minimum absolute atomic E-state index is 0.336. The molecule has 2 aromatic heterocycles. The minimum atomic E-state index is 0.336. The third kappa shape index (κ3) is 4.00. The summed E-state index contributed by atoms with van der Waals surface area (Å²) in [6.07, 6.45) is 10.8. The first-order valence-electron chi connectivity index (χ1n) is 9.03. The standard InChI is InChI=1S/C20H25N3O/c1-2-9-22-18(3-1)14-23-12-8-20(24-15-17-4-5-17)19(23)13-16-6-10-21-11-7-16/h1-3,6-7,9-11,17,19-20H,4-5,8,12-15H2/t19-,20-/m1/s1. The molecule has 1 aliphatic carbocycles. The van der Waals surface area contributed by atoms with Gasteiger partial charge in [-0.25, -0.2) is 0 Å². The predicted octanol–water partition coefficient (Wildman–Crippen LogP) is 3.09. The zero-order valence-electron chi connectivity index (χ0n) is 14.1. The van der Waals surface area contributed by atoms with E-state index >= 15 is 0 Å². The molecule has 1 saturated carbocycles. The summed E-state index contributed by atoms with van der Waals surface area (Å²) in [6.45, 7) is 2.93. The van der Waals surface area contributed by atoms with Crippen LogP contribution in [0, 0.1) is 5.92 Å².